The number of benzene rings is 6. The number of pyridine rings is 2. The summed E-state index contributed by atoms with van der Waals surface area (Å²) in [5.74, 6) is 1.27. The zero-order valence-corrected chi connectivity index (χ0v) is 26.6. The van der Waals surface area contributed by atoms with Crippen molar-refractivity contribution < 1.29 is 8.83 Å². The summed E-state index contributed by atoms with van der Waals surface area (Å²) in [7, 11) is 0. The molecule has 0 aliphatic heterocycles. The number of nitrogens with zero attached hydrogens (tertiary/aromatic N) is 4. The van der Waals surface area contributed by atoms with Gasteiger partial charge in [-0.2, -0.15) is 0 Å². The van der Waals surface area contributed by atoms with Gasteiger partial charge in [-0.1, -0.05) is 109 Å². The summed E-state index contributed by atoms with van der Waals surface area (Å²) in [4.78, 5) is 18.5. The maximum atomic E-state index is 5.63. The third-order valence-corrected chi connectivity index (χ3v) is 9.49. The van der Waals surface area contributed by atoms with Crippen molar-refractivity contribution in [3.05, 3.63) is 159 Å². The van der Waals surface area contributed by atoms with E-state index in [1.165, 1.54) is 23.9 Å². The van der Waals surface area contributed by atoms with Crippen LogP contribution in [0.5, 0.6) is 0 Å². The van der Waals surface area contributed by atoms with Gasteiger partial charge in [0.05, 0.1) is 23.8 Å². The number of hydrogen-bond acceptors (Lipinski definition) is 6. The molecular formula is C44H26N4O2. The molecule has 0 aliphatic carbocycles. The van der Waals surface area contributed by atoms with Gasteiger partial charge >= 0.3 is 0 Å². The first-order valence-corrected chi connectivity index (χ1v) is 16.4. The van der Waals surface area contributed by atoms with Gasteiger partial charge in [0, 0.05) is 11.1 Å². The van der Waals surface area contributed by atoms with Gasteiger partial charge < -0.3 is 8.83 Å². The third kappa shape index (κ3) is 4.36. The number of oxazole rings is 2. The molecule has 0 fully saturated rings. The largest absolute Gasteiger partial charge is 0.442 e. The Morgan fingerprint density at radius 3 is 0.900 bits per heavy atom. The van der Waals surface area contributed by atoms with E-state index in [1.54, 1.807) is 12.4 Å². The molecule has 10 aromatic rings. The Morgan fingerprint density at radius 2 is 0.600 bits per heavy atom. The standard InChI is InChI=1S/C44H26N4O2/c1-5-15-31-27(11-1)41(37-21-9-19-35(47-37)39-23-45-25-49-39)28-12-2-6-16-32(28)43(31)44-33-17-7-3-13-29(33)42(30-14-4-8-18-34(30)44)38-22-10-20-36(48-38)40-24-46-26-50-40/h1-26H. The molecule has 0 aliphatic rings. The molecule has 6 nitrogen and oxygen atoms in total. The maximum absolute atomic E-state index is 5.63. The summed E-state index contributed by atoms with van der Waals surface area (Å²) in [6.07, 6.45) is 6.27. The molecule has 0 amide bonds. The van der Waals surface area contributed by atoms with Crippen LogP contribution in [0.15, 0.2) is 167 Å². The molecule has 0 unspecified atom stereocenters. The zero-order valence-electron chi connectivity index (χ0n) is 26.6. The highest BCUT2D eigenvalue weighted by Crippen LogP contribution is 2.49. The molecule has 50 heavy (non-hydrogen) atoms. The zero-order chi connectivity index (χ0) is 33.0. The van der Waals surface area contributed by atoms with Crippen LogP contribution in [0.3, 0.4) is 0 Å². The van der Waals surface area contributed by atoms with Gasteiger partial charge in [-0.15, -0.1) is 0 Å². The normalized spacial score (nSPS) is 11.6. The number of rotatable bonds is 5. The minimum atomic E-state index is 0.635. The third-order valence-electron chi connectivity index (χ3n) is 9.49. The summed E-state index contributed by atoms with van der Waals surface area (Å²) < 4.78 is 11.3. The Balaban J connectivity index is 1.32. The monoisotopic (exact) mass is 642 g/mol. The van der Waals surface area contributed by atoms with Crippen molar-refractivity contribution in [3.8, 4) is 56.6 Å². The fourth-order valence-electron chi connectivity index (χ4n) is 7.45. The Morgan fingerprint density at radius 1 is 0.300 bits per heavy atom. The summed E-state index contributed by atoms with van der Waals surface area (Å²) in [6, 6.07) is 46.8. The lowest BCUT2D eigenvalue weighted by atomic mass is 9.82. The van der Waals surface area contributed by atoms with Crippen molar-refractivity contribution in [2.75, 3.05) is 0 Å². The molecular weight excluding hydrogens is 617 g/mol. The summed E-state index contributed by atoms with van der Waals surface area (Å²) >= 11 is 0. The second kappa shape index (κ2) is 11.4. The second-order valence-corrected chi connectivity index (χ2v) is 12.2. The number of hydrogen-bond donors (Lipinski definition) is 0. The molecule has 4 heterocycles. The average molecular weight is 643 g/mol. The van der Waals surface area contributed by atoms with Crippen LogP contribution in [0.4, 0.5) is 0 Å². The first-order chi connectivity index (χ1) is 24.8. The Hall–Kier alpha value is -6.92. The van der Waals surface area contributed by atoms with E-state index in [4.69, 9.17) is 18.8 Å². The van der Waals surface area contributed by atoms with E-state index < -0.39 is 0 Å². The molecule has 6 aromatic carbocycles. The minimum Gasteiger partial charge on any atom is -0.442 e. The van der Waals surface area contributed by atoms with E-state index in [2.05, 4.69) is 119 Å². The highest BCUT2D eigenvalue weighted by molar-refractivity contribution is 6.29. The molecule has 10 rings (SSSR count). The molecule has 0 N–H and O–H groups in total. The van der Waals surface area contributed by atoms with Crippen LogP contribution in [-0.4, -0.2) is 19.9 Å². The van der Waals surface area contributed by atoms with Crippen LogP contribution in [0.2, 0.25) is 0 Å². The van der Waals surface area contributed by atoms with Gasteiger partial charge in [0.1, 0.15) is 11.4 Å². The van der Waals surface area contributed by atoms with Gasteiger partial charge in [0.25, 0.3) is 0 Å². The summed E-state index contributed by atoms with van der Waals surface area (Å²) in [6.45, 7) is 0. The van der Waals surface area contributed by atoms with Crippen molar-refractivity contribution in [2.24, 2.45) is 0 Å². The second-order valence-electron chi connectivity index (χ2n) is 12.2. The molecule has 0 bridgehead atoms. The SMILES string of the molecule is c1cc(-c2cnco2)nc(-c2c3ccccc3c(-c3c4ccccc4c(-c4cccc(-c5cnco5)n4)c4ccccc34)c3ccccc23)c1. The van der Waals surface area contributed by atoms with E-state index in [-0.39, 0.29) is 0 Å². The van der Waals surface area contributed by atoms with Crippen molar-refractivity contribution in [2.45, 2.75) is 0 Å². The smallest absolute Gasteiger partial charge is 0.181 e. The summed E-state index contributed by atoms with van der Waals surface area (Å²) in [5, 5.41) is 9.12. The van der Waals surface area contributed by atoms with Crippen LogP contribution < -0.4 is 0 Å². The van der Waals surface area contributed by atoms with Gasteiger partial charge in [-0.3, -0.25) is 0 Å². The van der Waals surface area contributed by atoms with Crippen LogP contribution in [-0.2, 0) is 0 Å². The molecule has 0 saturated carbocycles. The molecule has 234 valence electrons. The Kier molecular flexibility index (Phi) is 6.39. The Bertz CT molecular complexity index is 2560. The number of fused-ring (bicyclic) bond motifs is 4. The maximum Gasteiger partial charge on any atom is 0.181 e. The molecule has 0 saturated heterocycles. The predicted octanol–water partition coefficient (Wildman–Crippen LogP) is 11.4. The average Bonchev–Trinajstić information content (AvgIpc) is 3.93. The molecule has 6 heteroatoms. The Labute approximate surface area is 286 Å². The quantitative estimate of drug-likeness (QED) is 0.174. The first-order valence-electron chi connectivity index (χ1n) is 16.4. The first kappa shape index (κ1) is 28.1. The highest BCUT2D eigenvalue weighted by atomic mass is 16.3. The van der Waals surface area contributed by atoms with E-state index in [9.17, 15) is 0 Å². The molecule has 0 spiro atoms. The van der Waals surface area contributed by atoms with Crippen molar-refractivity contribution in [1.82, 2.24) is 19.9 Å². The molecule has 0 radical (unpaired) electrons. The number of aromatic nitrogens is 4. The van der Waals surface area contributed by atoms with Gasteiger partial charge in [0.2, 0.25) is 0 Å². The van der Waals surface area contributed by atoms with Crippen LogP contribution in [0, 0.1) is 0 Å². The fraction of sp³-hybridized carbons (Fsp3) is 0. The fourth-order valence-corrected chi connectivity index (χ4v) is 7.45. The van der Waals surface area contributed by atoms with Gasteiger partial charge in [0.15, 0.2) is 24.3 Å². The van der Waals surface area contributed by atoms with Crippen LogP contribution >= 0.6 is 0 Å². The van der Waals surface area contributed by atoms with Crippen molar-refractivity contribution in [1.29, 1.82) is 0 Å². The van der Waals surface area contributed by atoms with Gasteiger partial charge in [-0.05, 0) is 78.5 Å². The van der Waals surface area contributed by atoms with Crippen LogP contribution in [0.25, 0.3) is 99.6 Å². The molecule has 0 atom stereocenters. The lowest BCUT2D eigenvalue weighted by molar-refractivity contribution is 0.569. The highest BCUT2D eigenvalue weighted by Gasteiger charge is 2.23. The minimum absolute atomic E-state index is 0.635. The van der Waals surface area contributed by atoms with Gasteiger partial charge in [-0.25, -0.2) is 19.9 Å². The van der Waals surface area contributed by atoms with E-state index in [1.807, 2.05) is 24.3 Å². The van der Waals surface area contributed by atoms with E-state index in [0.29, 0.717) is 11.5 Å². The van der Waals surface area contributed by atoms with Crippen molar-refractivity contribution in [3.63, 3.8) is 0 Å². The van der Waals surface area contributed by atoms with E-state index in [0.717, 1.165) is 77.0 Å². The summed E-state index contributed by atoms with van der Waals surface area (Å²) in [5.41, 5.74) is 7.78. The van der Waals surface area contributed by atoms with E-state index >= 15 is 0 Å². The topological polar surface area (TPSA) is 77.8 Å². The lowest BCUT2D eigenvalue weighted by Gasteiger charge is -2.22. The van der Waals surface area contributed by atoms with Crippen molar-refractivity contribution >= 4 is 43.1 Å². The lowest BCUT2D eigenvalue weighted by Crippen LogP contribution is -1.96. The molecule has 4 aromatic heterocycles. The van der Waals surface area contributed by atoms with Crippen LogP contribution in [0.1, 0.15) is 0 Å². The predicted molar refractivity (Wildman–Crippen MR) is 199 cm³/mol.